The van der Waals surface area contributed by atoms with Crippen LogP contribution in [0.2, 0.25) is 0 Å². The van der Waals surface area contributed by atoms with E-state index in [2.05, 4.69) is 20.5 Å². The third kappa shape index (κ3) is 12.3. The van der Waals surface area contributed by atoms with E-state index in [-0.39, 0.29) is 43.3 Å². The predicted molar refractivity (Wildman–Crippen MR) is 229 cm³/mol. The van der Waals surface area contributed by atoms with Crippen molar-refractivity contribution in [2.24, 2.45) is 5.73 Å². The first-order valence-electron chi connectivity index (χ1n) is 20.6. The second-order valence-corrected chi connectivity index (χ2v) is 17.6. The van der Waals surface area contributed by atoms with Crippen molar-refractivity contribution in [2.75, 3.05) is 38.5 Å². The van der Waals surface area contributed by atoms with Crippen LogP contribution < -0.4 is 21.5 Å². The summed E-state index contributed by atoms with van der Waals surface area (Å²) in [6, 6.07) is 8.25. The number of nitrogens with zero attached hydrogens (tertiary/aromatic N) is 7. The molecule has 4 aromatic rings. The second-order valence-electron chi connectivity index (χ2n) is 17.6. The lowest BCUT2D eigenvalue weighted by Gasteiger charge is -2.33. The summed E-state index contributed by atoms with van der Waals surface area (Å²) < 4.78 is 33.8. The summed E-state index contributed by atoms with van der Waals surface area (Å²) in [6.07, 6.45) is 17.6. The number of aliphatic hydroxyl groups excluding tert-OH is 1. The molecule has 16 nitrogen and oxygen atoms in total. The Morgan fingerprint density at radius 2 is 1.41 bits per heavy atom. The number of dihydropyridines is 1. The molecule has 328 valence electrons. The summed E-state index contributed by atoms with van der Waals surface area (Å²) in [4.78, 5) is 32.1. The van der Waals surface area contributed by atoms with Gasteiger partial charge in [0, 0.05) is 84.9 Å². The second kappa shape index (κ2) is 18.8. The molecule has 7 rings (SSSR count). The van der Waals surface area contributed by atoms with Crippen molar-refractivity contribution in [3.63, 3.8) is 0 Å². The predicted octanol–water partition coefficient (Wildman–Crippen LogP) is 6.42. The summed E-state index contributed by atoms with van der Waals surface area (Å²) in [5.41, 5.74) is 14.5. The van der Waals surface area contributed by atoms with Crippen LogP contribution in [0.4, 0.5) is 19.8 Å². The molecule has 3 aromatic heterocycles. The molecule has 0 spiro atoms. The number of aliphatic hydroxyl groups is 1. The van der Waals surface area contributed by atoms with E-state index in [4.69, 9.17) is 25.7 Å². The van der Waals surface area contributed by atoms with Crippen molar-refractivity contribution in [1.82, 2.24) is 39.7 Å². The van der Waals surface area contributed by atoms with Gasteiger partial charge in [0.15, 0.2) is 0 Å². The van der Waals surface area contributed by atoms with Gasteiger partial charge < -0.3 is 45.9 Å². The molecule has 3 aliphatic rings. The first kappa shape index (κ1) is 44.6. The van der Waals surface area contributed by atoms with Crippen molar-refractivity contribution < 1.29 is 33.3 Å². The highest BCUT2D eigenvalue weighted by molar-refractivity contribution is 5.74. The molecule has 0 bridgehead atoms. The molecule has 0 saturated carbocycles. The van der Waals surface area contributed by atoms with Crippen LogP contribution in [0.3, 0.4) is 0 Å². The van der Waals surface area contributed by atoms with Gasteiger partial charge in [-0.25, -0.2) is 19.0 Å². The summed E-state index contributed by atoms with van der Waals surface area (Å²) in [5, 5.41) is 21.6. The molecule has 2 amide bonds. The molecule has 6 heterocycles. The number of aromatic nitrogens is 5. The van der Waals surface area contributed by atoms with E-state index < -0.39 is 16.9 Å². The molecule has 1 atom stereocenters. The lowest BCUT2D eigenvalue weighted by molar-refractivity contribution is 0.0174. The van der Waals surface area contributed by atoms with E-state index >= 15 is 0 Å². The fourth-order valence-electron chi connectivity index (χ4n) is 7.03. The Hall–Kier alpha value is -5.94. The number of piperidine rings is 2. The minimum Gasteiger partial charge on any atom is -0.489 e. The summed E-state index contributed by atoms with van der Waals surface area (Å²) in [7, 11) is 0. The highest BCUT2D eigenvalue weighted by Gasteiger charge is 2.30. The number of nitrogens with two attached hydrogens (primary N) is 2. The number of pyridine rings is 1. The maximum Gasteiger partial charge on any atom is 0.410 e. The number of anilines is 1. The lowest BCUT2D eigenvalue weighted by Crippen LogP contribution is -2.55. The Kier molecular flexibility index (Phi) is 13.7. The maximum atomic E-state index is 13.3. The van der Waals surface area contributed by atoms with Crippen LogP contribution in [0.5, 0.6) is 5.75 Å². The minimum atomic E-state index is -0.902. The van der Waals surface area contributed by atoms with Crippen molar-refractivity contribution in [1.29, 1.82) is 0 Å². The van der Waals surface area contributed by atoms with Crippen molar-refractivity contribution in [3.8, 4) is 16.9 Å². The molecule has 2 saturated heterocycles. The van der Waals surface area contributed by atoms with Gasteiger partial charge in [-0.05, 0) is 91.5 Å². The minimum absolute atomic E-state index is 0.145. The molecule has 0 radical (unpaired) electrons. The zero-order chi connectivity index (χ0) is 44.0. The van der Waals surface area contributed by atoms with Crippen molar-refractivity contribution in [2.45, 2.75) is 103 Å². The topological polar surface area (TPSA) is 201 Å². The third-order valence-corrected chi connectivity index (χ3v) is 10.4. The van der Waals surface area contributed by atoms with Gasteiger partial charge in [-0.3, -0.25) is 9.36 Å². The van der Waals surface area contributed by atoms with Gasteiger partial charge in [0.05, 0.1) is 31.1 Å². The summed E-state index contributed by atoms with van der Waals surface area (Å²) >= 11 is 0. The van der Waals surface area contributed by atoms with E-state index in [0.717, 1.165) is 47.9 Å². The zero-order valence-corrected chi connectivity index (χ0v) is 35.9. The summed E-state index contributed by atoms with van der Waals surface area (Å²) in [5.74, 6) is 0.405. The fraction of sp³-hybridized carbons (Fsp3) is 0.477. The smallest absolute Gasteiger partial charge is 0.410 e. The number of nitrogens with one attached hydrogen (secondary N) is 1. The third-order valence-electron chi connectivity index (χ3n) is 10.4. The Bertz CT molecular complexity index is 2190. The Morgan fingerprint density at radius 3 is 1.92 bits per heavy atom. The zero-order valence-electron chi connectivity index (χ0n) is 35.9. The fourth-order valence-corrected chi connectivity index (χ4v) is 7.03. The molecular weight excluding hydrogens is 784 g/mol. The number of carbonyl (C=O) groups excluding carboxylic acids is 2. The van der Waals surface area contributed by atoms with Gasteiger partial charge in [-0.1, -0.05) is 12.1 Å². The van der Waals surface area contributed by atoms with Crippen LogP contribution in [0.1, 0.15) is 90.4 Å². The molecule has 6 N–H and O–H groups in total. The van der Waals surface area contributed by atoms with Gasteiger partial charge in [0.2, 0.25) is 0 Å². The van der Waals surface area contributed by atoms with Crippen molar-refractivity contribution >= 4 is 23.6 Å². The van der Waals surface area contributed by atoms with Crippen LogP contribution in [-0.4, -0.2) is 101 Å². The number of hydrogen-bond donors (Lipinski definition) is 4. The number of ether oxygens (including phenoxy) is 3. The van der Waals surface area contributed by atoms with Crippen LogP contribution in [-0.2, 0) is 16.1 Å². The largest absolute Gasteiger partial charge is 0.489 e. The Balaban J connectivity index is 0.000000210. The molecule has 2 fully saturated rings. The molecule has 0 aliphatic carbocycles. The lowest BCUT2D eigenvalue weighted by atomic mass is 10.0. The normalized spacial score (nSPS) is 18.7. The van der Waals surface area contributed by atoms with Crippen LogP contribution >= 0.6 is 0 Å². The summed E-state index contributed by atoms with van der Waals surface area (Å²) in [6.45, 7) is 13.8. The number of allylic oxidation sites excluding steroid dienone is 2. The molecule has 1 aromatic carbocycles. The molecule has 17 heteroatoms. The highest BCUT2D eigenvalue weighted by atomic mass is 19.1. The van der Waals surface area contributed by atoms with Crippen LogP contribution in [0, 0.1) is 5.82 Å². The van der Waals surface area contributed by atoms with Gasteiger partial charge in [0.25, 0.3) is 0 Å². The van der Waals surface area contributed by atoms with E-state index in [1.54, 1.807) is 34.3 Å². The van der Waals surface area contributed by atoms with Gasteiger partial charge >= 0.3 is 12.2 Å². The standard InChI is InChI=1S/C25H32FN5O3.C19H27N5O3/c1-24(2,3)34-23(32)30-11-8-21(9-12-30)31-16-19(15-29-31)18-7-10-25(27,28-14-18)17-33-22-6-4-5-20(26)13-22;1-19(2,3)27-18(26)23-6-4-16(5-7-23)24-11-15(10-22-24)13-8-14(12-25)17(20)21-9-13/h4-7,10,13-16,21,28H,8-9,11-12,17,27H2,1-3H3;8-11,16,25H,4-7,12H2,1-3H3,(H2,20,21). The highest BCUT2D eigenvalue weighted by Crippen LogP contribution is 2.29. The monoisotopic (exact) mass is 842 g/mol. The SMILES string of the molecule is CC(C)(C)OC(=O)N1CCC(n2cc(-c3cnc(N)c(CO)c3)cn2)CC1.CC(C)(C)OC(=O)N1CCC(n2cc(C3=CNC(N)(COc4cccc(F)c4)C=C3)cn2)CC1. The molecule has 3 aliphatic heterocycles. The number of carbonyl (C=O) groups is 2. The maximum absolute atomic E-state index is 13.3. The number of rotatable bonds is 8. The van der Waals surface area contributed by atoms with Gasteiger partial charge in [-0.2, -0.15) is 10.2 Å². The number of hydrogen-bond acceptors (Lipinski definition) is 12. The van der Waals surface area contributed by atoms with E-state index in [0.29, 0.717) is 43.3 Å². The van der Waals surface area contributed by atoms with Gasteiger partial charge in [0.1, 0.15) is 40.9 Å². The number of likely N-dealkylation sites (tertiary alicyclic amines) is 2. The van der Waals surface area contributed by atoms with Crippen molar-refractivity contribution in [3.05, 3.63) is 96.6 Å². The number of benzene rings is 1. The number of nitrogen functional groups attached to an aromatic ring is 1. The van der Waals surface area contributed by atoms with E-state index in [1.165, 1.54) is 12.1 Å². The van der Waals surface area contributed by atoms with E-state index in [9.17, 15) is 19.1 Å². The number of amides is 2. The van der Waals surface area contributed by atoms with E-state index in [1.807, 2.05) is 93.9 Å². The van der Waals surface area contributed by atoms with Crippen LogP contribution in [0.15, 0.2) is 79.7 Å². The first-order valence-corrected chi connectivity index (χ1v) is 20.6. The average Bonchev–Trinajstić information content (AvgIpc) is 3.92. The average molecular weight is 843 g/mol. The Labute approximate surface area is 356 Å². The van der Waals surface area contributed by atoms with Crippen LogP contribution in [0.25, 0.3) is 16.7 Å². The molecular formula is C44H59FN10O6. The quantitative estimate of drug-likeness (QED) is 0.152. The first-order chi connectivity index (χ1) is 28.9. The Morgan fingerprint density at radius 1 is 0.852 bits per heavy atom. The van der Waals surface area contributed by atoms with Gasteiger partial charge in [-0.15, -0.1) is 0 Å². The molecule has 61 heavy (non-hydrogen) atoms. The number of halogens is 1. The molecule has 1 unspecified atom stereocenters.